The Hall–Kier alpha value is -2.82. The quantitative estimate of drug-likeness (QED) is 0.506. The Labute approximate surface area is 144 Å². The van der Waals surface area contributed by atoms with Crippen molar-refractivity contribution >= 4 is 32.9 Å². The van der Waals surface area contributed by atoms with Gasteiger partial charge in [0.25, 0.3) is 0 Å². The van der Waals surface area contributed by atoms with Crippen LogP contribution in [0.5, 0.6) is 11.6 Å². The van der Waals surface area contributed by atoms with E-state index in [-0.39, 0.29) is 11.3 Å². The molecule has 0 aliphatic heterocycles. The van der Waals surface area contributed by atoms with Crippen molar-refractivity contribution in [2.24, 2.45) is 0 Å². The predicted octanol–water partition coefficient (Wildman–Crippen LogP) is 5.22. The second kappa shape index (κ2) is 6.00. The summed E-state index contributed by atoms with van der Waals surface area (Å²) in [5, 5.41) is 12.7. The number of nitriles is 1. The number of hydrogen-bond acceptors (Lipinski definition) is 6. The third-order valence-corrected chi connectivity index (χ3v) is 5.04. The Kier molecular flexibility index (Phi) is 3.69. The van der Waals surface area contributed by atoms with Crippen molar-refractivity contribution in [2.45, 2.75) is 0 Å². The molecule has 0 atom stereocenters. The SMILES string of the molecule is N#Cc1ccc(Oc2nc(-c3cccs3)nc3ccsc23)c(F)c1. The minimum atomic E-state index is -0.602. The zero-order valence-corrected chi connectivity index (χ0v) is 13.7. The Morgan fingerprint density at radius 1 is 1.08 bits per heavy atom. The van der Waals surface area contributed by atoms with E-state index in [9.17, 15) is 4.39 Å². The van der Waals surface area contributed by atoms with Gasteiger partial charge in [0.05, 0.1) is 22.0 Å². The molecule has 0 aliphatic rings. The first-order chi connectivity index (χ1) is 11.7. The maximum absolute atomic E-state index is 14.1. The van der Waals surface area contributed by atoms with E-state index in [1.165, 1.54) is 34.8 Å². The van der Waals surface area contributed by atoms with E-state index in [0.717, 1.165) is 21.2 Å². The summed E-state index contributed by atoms with van der Waals surface area (Å²) in [5.41, 5.74) is 0.991. The van der Waals surface area contributed by atoms with Crippen LogP contribution in [0.2, 0.25) is 0 Å². The average molecular weight is 353 g/mol. The second-order valence-electron chi connectivity index (χ2n) is 4.82. The number of fused-ring (bicyclic) bond motifs is 1. The van der Waals surface area contributed by atoms with Gasteiger partial charge in [0.1, 0.15) is 4.70 Å². The summed E-state index contributed by atoms with van der Waals surface area (Å²) in [6.07, 6.45) is 0. The van der Waals surface area contributed by atoms with E-state index >= 15 is 0 Å². The standard InChI is InChI=1S/C17H8FN3OS2/c18-11-8-10(9-19)3-4-13(11)22-17-15-12(5-7-24-15)20-16(21-17)14-2-1-6-23-14/h1-8H. The molecule has 0 bridgehead atoms. The van der Waals surface area contributed by atoms with Gasteiger partial charge >= 0.3 is 0 Å². The Bertz CT molecular complexity index is 1070. The summed E-state index contributed by atoms with van der Waals surface area (Å²) >= 11 is 2.95. The fourth-order valence-corrected chi connectivity index (χ4v) is 3.59. The van der Waals surface area contributed by atoms with Crippen molar-refractivity contribution in [3.63, 3.8) is 0 Å². The lowest BCUT2D eigenvalue weighted by atomic mass is 10.2. The number of hydrogen-bond donors (Lipinski definition) is 0. The number of ether oxygens (including phenoxy) is 1. The van der Waals surface area contributed by atoms with E-state index in [0.29, 0.717) is 11.7 Å². The molecule has 116 valence electrons. The predicted molar refractivity (Wildman–Crippen MR) is 91.9 cm³/mol. The van der Waals surface area contributed by atoms with Crippen molar-refractivity contribution < 1.29 is 9.13 Å². The molecule has 1 aromatic carbocycles. The van der Waals surface area contributed by atoms with Crippen LogP contribution >= 0.6 is 22.7 Å². The molecule has 0 fully saturated rings. The maximum atomic E-state index is 14.1. The highest BCUT2D eigenvalue weighted by atomic mass is 32.1. The number of benzene rings is 1. The van der Waals surface area contributed by atoms with Gasteiger partial charge in [-0.3, -0.25) is 0 Å². The van der Waals surface area contributed by atoms with Crippen LogP contribution in [0.25, 0.3) is 20.9 Å². The van der Waals surface area contributed by atoms with Gasteiger partial charge < -0.3 is 4.74 Å². The third-order valence-electron chi connectivity index (χ3n) is 3.28. The highest BCUT2D eigenvalue weighted by Crippen LogP contribution is 2.35. The topological polar surface area (TPSA) is 58.8 Å². The van der Waals surface area contributed by atoms with Crippen LogP contribution in [0.3, 0.4) is 0 Å². The minimum Gasteiger partial charge on any atom is -0.434 e. The molecule has 7 heteroatoms. The molecule has 4 nitrogen and oxygen atoms in total. The van der Waals surface area contributed by atoms with E-state index < -0.39 is 5.82 Å². The van der Waals surface area contributed by atoms with E-state index in [4.69, 9.17) is 10.00 Å². The number of thiophene rings is 2. The molecule has 3 heterocycles. The van der Waals surface area contributed by atoms with Gasteiger partial charge in [-0.2, -0.15) is 10.2 Å². The van der Waals surface area contributed by atoms with Gasteiger partial charge in [0.15, 0.2) is 17.4 Å². The highest BCUT2D eigenvalue weighted by molar-refractivity contribution is 7.17. The third kappa shape index (κ3) is 2.62. The Morgan fingerprint density at radius 3 is 2.75 bits per heavy atom. The molecule has 0 saturated carbocycles. The highest BCUT2D eigenvalue weighted by Gasteiger charge is 2.15. The molecule has 4 rings (SSSR count). The smallest absolute Gasteiger partial charge is 0.241 e. The fraction of sp³-hybridized carbons (Fsp3) is 0. The summed E-state index contributed by atoms with van der Waals surface area (Å²) < 4.78 is 20.6. The van der Waals surface area contributed by atoms with Gasteiger partial charge in [-0.15, -0.1) is 22.7 Å². The number of aromatic nitrogens is 2. The first-order valence-electron chi connectivity index (χ1n) is 6.91. The first-order valence-corrected chi connectivity index (χ1v) is 8.67. The molecule has 0 N–H and O–H groups in total. The summed E-state index contributed by atoms with van der Waals surface area (Å²) in [6, 6.07) is 11.7. The maximum Gasteiger partial charge on any atom is 0.241 e. The van der Waals surface area contributed by atoms with Crippen molar-refractivity contribution in [1.29, 1.82) is 5.26 Å². The van der Waals surface area contributed by atoms with Crippen LogP contribution in [0.4, 0.5) is 4.39 Å². The van der Waals surface area contributed by atoms with Crippen LogP contribution in [-0.4, -0.2) is 9.97 Å². The lowest BCUT2D eigenvalue weighted by molar-refractivity contribution is 0.433. The van der Waals surface area contributed by atoms with Crippen LogP contribution in [0.1, 0.15) is 5.56 Å². The Balaban J connectivity index is 1.81. The average Bonchev–Trinajstić information content (AvgIpc) is 3.27. The molecule has 0 amide bonds. The van der Waals surface area contributed by atoms with Crippen molar-refractivity contribution in [1.82, 2.24) is 9.97 Å². The summed E-state index contributed by atoms with van der Waals surface area (Å²) in [5.74, 6) is 0.275. The van der Waals surface area contributed by atoms with Crippen molar-refractivity contribution in [2.75, 3.05) is 0 Å². The zero-order chi connectivity index (χ0) is 16.5. The Morgan fingerprint density at radius 2 is 2.00 bits per heavy atom. The lowest BCUT2D eigenvalue weighted by Gasteiger charge is -2.08. The number of nitrogens with zero attached hydrogens (tertiary/aromatic N) is 3. The summed E-state index contributed by atoms with van der Waals surface area (Å²) in [4.78, 5) is 9.88. The molecule has 3 aromatic heterocycles. The molecule has 0 aliphatic carbocycles. The van der Waals surface area contributed by atoms with Crippen molar-refractivity contribution in [3.05, 3.63) is 58.5 Å². The normalized spacial score (nSPS) is 10.7. The molecule has 0 saturated heterocycles. The largest absolute Gasteiger partial charge is 0.434 e. The van der Waals surface area contributed by atoms with Crippen LogP contribution in [0, 0.1) is 17.1 Å². The molecular formula is C17H8FN3OS2. The zero-order valence-electron chi connectivity index (χ0n) is 12.1. The summed E-state index contributed by atoms with van der Waals surface area (Å²) in [7, 11) is 0. The fourth-order valence-electron chi connectivity index (χ4n) is 2.18. The molecule has 0 spiro atoms. The van der Waals surface area contributed by atoms with Crippen LogP contribution < -0.4 is 4.74 Å². The second-order valence-corrected chi connectivity index (χ2v) is 6.69. The summed E-state index contributed by atoms with van der Waals surface area (Å²) in [6.45, 7) is 0. The van der Waals surface area contributed by atoms with Crippen molar-refractivity contribution in [3.8, 4) is 28.4 Å². The molecule has 0 radical (unpaired) electrons. The molecule has 0 unspecified atom stereocenters. The van der Waals surface area contributed by atoms with E-state index in [1.807, 2.05) is 35.0 Å². The monoisotopic (exact) mass is 353 g/mol. The number of rotatable bonds is 3. The van der Waals surface area contributed by atoms with Gasteiger partial charge in [0.2, 0.25) is 5.88 Å². The van der Waals surface area contributed by atoms with E-state index in [2.05, 4.69) is 9.97 Å². The van der Waals surface area contributed by atoms with Gasteiger partial charge in [-0.1, -0.05) is 6.07 Å². The van der Waals surface area contributed by atoms with Gasteiger partial charge in [0, 0.05) is 0 Å². The van der Waals surface area contributed by atoms with Gasteiger partial charge in [-0.05, 0) is 41.1 Å². The molecule has 4 aromatic rings. The van der Waals surface area contributed by atoms with Crippen LogP contribution in [-0.2, 0) is 0 Å². The molecular weight excluding hydrogens is 345 g/mol. The van der Waals surface area contributed by atoms with Gasteiger partial charge in [-0.25, -0.2) is 9.37 Å². The lowest BCUT2D eigenvalue weighted by Crippen LogP contribution is -1.95. The first kappa shape index (κ1) is 14.8. The minimum absolute atomic E-state index is 0.0273. The number of halogens is 1. The van der Waals surface area contributed by atoms with Crippen LogP contribution in [0.15, 0.2) is 47.2 Å². The molecule has 24 heavy (non-hydrogen) atoms. The van der Waals surface area contributed by atoms with E-state index in [1.54, 1.807) is 0 Å².